The molecular weight excluding hydrogens is 276 g/mol. The summed E-state index contributed by atoms with van der Waals surface area (Å²) in [5.41, 5.74) is -0.876. The van der Waals surface area contributed by atoms with Gasteiger partial charge in [-0.3, -0.25) is 19.4 Å². The van der Waals surface area contributed by atoms with Gasteiger partial charge in [-0.15, -0.1) is 0 Å². The van der Waals surface area contributed by atoms with Gasteiger partial charge in [-0.1, -0.05) is 0 Å². The molecule has 2 aliphatic heterocycles. The molecule has 0 radical (unpaired) electrons. The number of amides is 3. The first-order valence-electron chi connectivity index (χ1n) is 6.82. The lowest BCUT2D eigenvalue weighted by Gasteiger charge is -2.36. The first kappa shape index (κ1) is 15.3. The van der Waals surface area contributed by atoms with E-state index in [1.807, 2.05) is 11.0 Å². The summed E-state index contributed by atoms with van der Waals surface area (Å²) in [5, 5.41) is 11.3. The normalized spacial score (nSPS) is 21.2. The molecule has 0 aromatic rings. The fraction of sp³-hybridized carbons (Fsp3) is 0.692. The maximum Gasteiger partial charge on any atom is 0.325 e. The molecule has 2 heterocycles. The number of hydrogen-bond donors (Lipinski definition) is 1. The van der Waals surface area contributed by atoms with E-state index in [0.717, 1.165) is 4.90 Å². The lowest BCUT2D eigenvalue weighted by Crippen LogP contribution is -2.55. The quantitative estimate of drug-likeness (QED) is 0.552. The van der Waals surface area contributed by atoms with Crippen molar-refractivity contribution in [3.05, 3.63) is 0 Å². The summed E-state index contributed by atoms with van der Waals surface area (Å²) >= 11 is 0. The van der Waals surface area contributed by atoms with Gasteiger partial charge in [0.05, 0.1) is 26.1 Å². The number of nitriles is 1. The van der Waals surface area contributed by atoms with E-state index in [1.54, 1.807) is 0 Å². The molecule has 2 aliphatic rings. The number of carbonyl (C=O) groups excluding carboxylic acids is 3. The molecule has 2 rings (SSSR count). The van der Waals surface area contributed by atoms with Crippen LogP contribution in [0.15, 0.2) is 0 Å². The van der Waals surface area contributed by atoms with Gasteiger partial charge in [0, 0.05) is 19.6 Å². The number of methoxy groups -OCH3 is 1. The number of rotatable bonds is 4. The van der Waals surface area contributed by atoms with Crippen molar-refractivity contribution in [1.29, 1.82) is 5.26 Å². The zero-order valence-corrected chi connectivity index (χ0v) is 11.9. The van der Waals surface area contributed by atoms with Gasteiger partial charge in [0.1, 0.15) is 5.54 Å². The van der Waals surface area contributed by atoms with Crippen molar-refractivity contribution in [3.63, 3.8) is 0 Å². The van der Waals surface area contributed by atoms with E-state index in [2.05, 4.69) is 10.1 Å². The van der Waals surface area contributed by atoms with Crippen LogP contribution in [0.1, 0.15) is 19.3 Å². The Kier molecular flexibility index (Phi) is 4.43. The van der Waals surface area contributed by atoms with Crippen LogP contribution in [-0.4, -0.2) is 66.5 Å². The Morgan fingerprint density at radius 3 is 2.67 bits per heavy atom. The van der Waals surface area contributed by atoms with Crippen LogP contribution in [0.3, 0.4) is 0 Å². The number of nitrogens with zero attached hydrogens (tertiary/aromatic N) is 3. The minimum Gasteiger partial charge on any atom is -0.468 e. The highest BCUT2D eigenvalue weighted by Crippen LogP contribution is 2.29. The summed E-state index contributed by atoms with van der Waals surface area (Å²) in [6.07, 6.45) is 1.04. The molecule has 8 nitrogen and oxygen atoms in total. The Hall–Kier alpha value is -2.14. The van der Waals surface area contributed by atoms with Crippen LogP contribution in [0.4, 0.5) is 4.79 Å². The van der Waals surface area contributed by atoms with Crippen molar-refractivity contribution in [2.24, 2.45) is 0 Å². The van der Waals surface area contributed by atoms with Crippen molar-refractivity contribution in [1.82, 2.24) is 15.1 Å². The van der Waals surface area contributed by atoms with Crippen molar-refractivity contribution >= 4 is 17.9 Å². The van der Waals surface area contributed by atoms with Crippen molar-refractivity contribution in [2.45, 2.75) is 24.8 Å². The minimum absolute atomic E-state index is 0.120. The third-order valence-corrected chi connectivity index (χ3v) is 3.98. The molecule has 8 heteroatoms. The molecule has 1 spiro atoms. The van der Waals surface area contributed by atoms with Crippen LogP contribution in [-0.2, 0) is 14.3 Å². The second kappa shape index (κ2) is 6.10. The fourth-order valence-electron chi connectivity index (χ4n) is 2.72. The Morgan fingerprint density at radius 1 is 1.43 bits per heavy atom. The zero-order chi connectivity index (χ0) is 15.5. The highest BCUT2D eigenvalue weighted by Gasteiger charge is 2.52. The van der Waals surface area contributed by atoms with Crippen molar-refractivity contribution in [3.8, 4) is 6.07 Å². The summed E-state index contributed by atoms with van der Waals surface area (Å²) in [5.74, 6) is -0.580. The molecule has 2 saturated heterocycles. The van der Waals surface area contributed by atoms with Gasteiger partial charge in [0.25, 0.3) is 5.91 Å². The van der Waals surface area contributed by atoms with Gasteiger partial charge in [0.2, 0.25) is 0 Å². The van der Waals surface area contributed by atoms with Crippen molar-refractivity contribution < 1.29 is 19.1 Å². The molecule has 21 heavy (non-hydrogen) atoms. The molecule has 0 aliphatic carbocycles. The Balaban J connectivity index is 1.97. The third kappa shape index (κ3) is 2.97. The first-order chi connectivity index (χ1) is 10.0. The number of hydrogen-bond acceptors (Lipinski definition) is 6. The average Bonchev–Trinajstić information content (AvgIpc) is 2.71. The minimum atomic E-state index is -0.876. The van der Waals surface area contributed by atoms with Gasteiger partial charge in [-0.05, 0) is 12.8 Å². The summed E-state index contributed by atoms with van der Waals surface area (Å²) in [7, 11) is 1.33. The van der Waals surface area contributed by atoms with E-state index in [4.69, 9.17) is 5.26 Å². The second-order valence-corrected chi connectivity index (χ2v) is 5.23. The number of urea groups is 1. The SMILES string of the molecule is COC(=O)CN1CCC2(CC1)NC(=O)N(CCC#N)C2=O. The number of esters is 1. The molecule has 0 aromatic carbocycles. The predicted molar refractivity (Wildman–Crippen MR) is 70.9 cm³/mol. The topological polar surface area (TPSA) is 103 Å². The van der Waals surface area contributed by atoms with Gasteiger partial charge < -0.3 is 10.1 Å². The maximum atomic E-state index is 12.4. The molecule has 114 valence electrons. The molecule has 0 bridgehead atoms. The highest BCUT2D eigenvalue weighted by molar-refractivity contribution is 6.07. The molecule has 2 fully saturated rings. The van der Waals surface area contributed by atoms with Crippen LogP contribution in [0.2, 0.25) is 0 Å². The van der Waals surface area contributed by atoms with E-state index in [-0.39, 0.29) is 31.4 Å². The van der Waals surface area contributed by atoms with Gasteiger partial charge in [-0.25, -0.2) is 4.79 Å². The number of ether oxygens (including phenoxy) is 1. The fourth-order valence-corrected chi connectivity index (χ4v) is 2.72. The molecule has 3 amide bonds. The summed E-state index contributed by atoms with van der Waals surface area (Å²) in [6, 6.07) is 1.49. The van der Waals surface area contributed by atoms with E-state index >= 15 is 0 Å². The zero-order valence-electron chi connectivity index (χ0n) is 11.9. The Bertz CT molecular complexity index is 491. The third-order valence-electron chi connectivity index (χ3n) is 3.98. The van der Waals surface area contributed by atoms with E-state index in [1.165, 1.54) is 7.11 Å². The molecule has 0 aromatic heterocycles. The molecule has 1 N–H and O–H groups in total. The highest BCUT2D eigenvalue weighted by atomic mass is 16.5. The number of nitrogens with one attached hydrogen (secondary N) is 1. The summed E-state index contributed by atoms with van der Waals surface area (Å²) in [6.45, 7) is 1.38. The van der Waals surface area contributed by atoms with Gasteiger partial charge in [0.15, 0.2) is 0 Å². The average molecular weight is 294 g/mol. The first-order valence-corrected chi connectivity index (χ1v) is 6.82. The molecule has 0 atom stereocenters. The Labute approximate surface area is 122 Å². The van der Waals surface area contributed by atoms with E-state index < -0.39 is 11.6 Å². The monoisotopic (exact) mass is 294 g/mol. The van der Waals surface area contributed by atoms with Crippen LogP contribution < -0.4 is 5.32 Å². The van der Waals surface area contributed by atoms with Crippen LogP contribution in [0.5, 0.6) is 0 Å². The van der Waals surface area contributed by atoms with E-state index in [0.29, 0.717) is 25.9 Å². The maximum absolute atomic E-state index is 12.4. The number of piperidine rings is 1. The molecule has 0 unspecified atom stereocenters. The second-order valence-electron chi connectivity index (χ2n) is 5.23. The molecule has 0 saturated carbocycles. The molecular formula is C13H18N4O4. The lowest BCUT2D eigenvalue weighted by atomic mass is 9.87. The number of likely N-dealkylation sites (tertiary alicyclic amines) is 1. The van der Waals surface area contributed by atoms with Gasteiger partial charge in [-0.2, -0.15) is 5.26 Å². The number of imide groups is 1. The Morgan fingerprint density at radius 2 is 2.10 bits per heavy atom. The summed E-state index contributed by atoms with van der Waals surface area (Å²) in [4.78, 5) is 38.5. The standard InChI is InChI=1S/C13H18N4O4/c1-21-10(18)9-16-7-3-13(4-8-16)11(19)17(6-2-5-14)12(20)15-13/h2-4,6-9H2,1H3,(H,15,20). The van der Waals surface area contributed by atoms with Crippen LogP contribution in [0.25, 0.3) is 0 Å². The lowest BCUT2D eigenvalue weighted by molar-refractivity contribution is -0.142. The van der Waals surface area contributed by atoms with Crippen LogP contribution >= 0.6 is 0 Å². The summed E-state index contributed by atoms with van der Waals surface area (Å²) < 4.78 is 4.61. The van der Waals surface area contributed by atoms with Crippen LogP contribution in [0, 0.1) is 11.3 Å². The van der Waals surface area contributed by atoms with Gasteiger partial charge >= 0.3 is 12.0 Å². The number of carbonyl (C=O) groups is 3. The smallest absolute Gasteiger partial charge is 0.325 e. The van der Waals surface area contributed by atoms with E-state index in [9.17, 15) is 14.4 Å². The van der Waals surface area contributed by atoms with Crippen molar-refractivity contribution in [2.75, 3.05) is 33.3 Å². The largest absolute Gasteiger partial charge is 0.468 e. The predicted octanol–water partition coefficient (Wildman–Crippen LogP) is -0.541.